The van der Waals surface area contributed by atoms with Gasteiger partial charge in [0.05, 0.1) is 80.7 Å². The first-order valence-electron chi connectivity index (χ1n) is 34.0. The van der Waals surface area contributed by atoms with Gasteiger partial charge in [0.25, 0.3) is 0 Å². The van der Waals surface area contributed by atoms with Crippen molar-refractivity contribution in [2.24, 2.45) is 56.2 Å². The van der Waals surface area contributed by atoms with E-state index in [2.05, 4.69) is 4.72 Å². The van der Waals surface area contributed by atoms with Crippen molar-refractivity contribution in [1.29, 1.82) is 0 Å². The number of hydrogen-bond donors (Lipinski definition) is 2. The molecule has 8 saturated carbocycles. The Bertz CT molecular complexity index is 3180. The predicted octanol–water partition coefficient (Wildman–Crippen LogP) is 8.23. The molecule has 16 unspecified atom stereocenters. The van der Waals surface area contributed by atoms with Gasteiger partial charge in [0.2, 0.25) is 15.9 Å². The zero-order chi connectivity index (χ0) is 69.6. The summed E-state index contributed by atoms with van der Waals surface area (Å²) in [6, 6.07) is 0. The molecule has 0 aromatic heterocycles. The van der Waals surface area contributed by atoms with E-state index in [1.54, 1.807) is 21.0 Å². The Kier molecular flexibility index (Phi) is 19.5. The Labute approximate surface area is 552 Å². The Balaban J connectivity index is 0.000000148. The summed E-state index contributed by atoms with van der Waals surface area (Å²) < 4.78 is 81.9. The quantitative estimate of drug-likeness (QED) is 0.108. The second-order valence-corrected chi connectivity index (χ2v) is 34.9. The van der Waals surface area contributed by atoms with Gasteiger partial charge in [-0.3, -0.25) is 52.7 Å². The van der Waals surface area contributed by atoms with Crippen molar-refractivity contribution in [3.8, 4) is 0 Å². The van der Waals surface area contributed by atoms with Gasteiger partial charge in [-0.05, 0) is 113 Å². The summed E-state index contributed by atoms with van der Waals surface area (Å²) in [4.78, 5) is 125. The maximum Gasteiger partial charge on any atom is 0.312 e. The molecule has 24 nitrogen and oxygen atoms in total. The number of methoxy groups -OCH3 is 2. The summed E-state index contributed by atoms with van der Waals surface area (Å²) in [5.74, 6) is -4.72. The standard InChI is InChI=1S/C18H27NO7S.C18H26O6.C17H26O5.C16H24O5/c1-5-16(2,3)15(22)26-18-7-11-6-17(10-18,14(21)19-27(4,23)24)8-12(9-18)25-13(11)20;1-5-16(2,3)14(20)24-18-7-11-6-17(10-18,15(21)22-4)8-12(9-18)23-13(11)19;1-5-15(2,3)14(19)22-17-7-11-6-16(10-17,20-4)8-12(9-17)21-13(11)18;1-4-14(2,3)13(18)21-16-6-10-5-15(19,9-16)7-11(8-16)20-12(10)17/h11-12H,5-10H2,1-4H3,(H,19,21);11-12H,5-10H2,1-4H3;11-12H,5-10H2,1-4H3;10-11,19H,4-9H2,1-3H3. The number of ether oxygens (including phenoxy) is 10. The number of nitrogens with one attached hydrogen (secondary N) is 1. The van der Waals surface area contributed by atoms with E-state index < -0.39 is 112 Å². The molecule has 25 heteroatoms. The van der Waals surface area contributed by atoms with Crippen LogP contribution in [0.2, 0.25) is 0 Å². The molecular formula is C69H103NO23S. The van der Waals surface area contributed by atoms with Gasteiger partial charge in [-0.2, -0.15) is 0 Å². The van der Waals surface area contributed by atoms with E-state index in [1.807, 2.05) is 69.2 Å². The number of amides is 1. The molecule has 8 aliphatic carbocycles. The lowest BCUT2D eigenvalue weighted by molar-refractivity contribution is -0.208. The van der Waals surface area contributed by atoms with Gasteiger partial charge in [-0.15, -0.1) is 0 Å². The smallest absolute Gasteiger partial charge is 0.312 e. The molecule has 8 heterocycles. The Morgan fingerprint density at radius 3 is 1.11 bits per heavy atom. The number of sulfonamides is 1. The monoisotopic (exact) mass is 1350 g/mol. The number of hydrogen-bond acceptors (Lipinski definition) is 23. The number of aliphatic hydroxyl groups is 1. The lowest BCUT2D eigenvalue weighted by atomic mass is 9.56. The van der Waals surface area contributed by atoms with Crippen LogP contribution in [0, 0.1) is 56.2 Å². The molecule has 94 heavy (non-hydrogen) atoms. The molecule has 16 atom stereocenters. The number of carbonyl (C=O) groups excluding carboxylic acids is 10. The van der Waals surface area contributed by atoms with E-state index >= 15 is 0 Å². The van der Waals surface area contributed by atoms with Crippen molar-refractivity contribution in [2.75, 3.05) is 20.5 Å². The summed E-state index contributed by atoms with van der Waals surface area (Å²) >= 11 is 0. The fourth-order valence-electron chi connectivity index (χ4n) is 17.5. The van der Waals surface area contributed by atoms with Crippen LogP contribution in [-0.4, -0.2) is 152 Å². The SMILES string of the molecule is CCC(C)(C)C(=O)OC12CC3CC(C(=O)NS(C)(=O)=O)(CC(C1)C(=O)O3)C2.CCC(C)(C)C(=O)OC12CC3CC(C(=O)OC)(CC(C1)C(=O)O3)C2.CCC(C)(C)C(=O)OC12CC3CC(O)(CC(C1)C(=O)O3)C2.CCC(C)(C)C(=O)OC12CC3CC(OC)(CC(C1)C(=O)O3)C2. The molecule has 16 aliphatic rings. The summed E-state index contributed by atoms with van der Waals surface area (Å²) in [5, 5.41) is 10.7. The number of rotatable bonds is 16. The molecule has 0 radical (unpaired) electrons. The van der Waals surface area contributed by atoms with E-state index in [1.165, 1.54) is 7.11 Å². The van der Waals surface area contributed by atoms with Crippen LogP contribution >= 0.6 is 0 Å². The Morgan fingerprint density at radius 2 is 0.734 bits per heavy atom. The largest absolute Gasteiger partial charge is 0.469 e. The molecule has 2 N–H and O–H groups in total. The number of carbonyl (C=O) groups is 10. The van der Waals surface area contributed by atoms with Crippen LogP contribution in [0.5, 0.6) is 0 Å². The van der Waals surface area contributed by atoms with Crippen LogP contribution in [-0.2, 0) is 105 Å². The molecule has 0 spiro atoms. The average molecular weight is 1350 g/mol. The summed E-state index contributed by atoms with van der Waals surface area (Å²) in [5.41, 5.74) is -8.72. The van der Waals surface area contributed by atoms with Crippen molar-refractivity contribution < 1.29 is 109 Å². The van der Waals surface area contributed by atoms with Crippen LogP contribution < -0.4 is 4.72 Å². The first kappa shape index (κ1) is 72.8. The highest BCUT2D eigenvalue weighted by Crippen LogP contribution is 2.61. The van der Waals surface area contributed by atoms with Crippen molar-refractivity contribution in [1.82, 2.24) is 4.72 Å². The van der Waals surface area contributed by atoms with Crippen LogP contribution in [0.15, 0.2) is 0 Å². The fraction of sp³-hybridized carbons (Fsp3) is 0.855. The maximum absolute atomic E-state index is 12.9. The summed E-state index contributed by atoms with van der Waals surface area (Å²) in [6.07, 6.45) is 11.1. The minimum Gasteiger partial charge on any atom is -0.469 e. The topological polar surface area (TPSA) is 329 Å². The van der Waals surface area contributed by atoms with E-state index in [9.17, 15) is 61.5 Å². The third kappa shape index (κ3) is 14.6. The van der Waals surface area contributed by atoms with Crippen LogP contribution in [0.3, 0.4) is 0 Å². The maximum atomic E-state index is 12.9. The lowest BCUT2D eigenvalue weighted by Crippen LogP contribution is -2.59. The van der Waals surface area contributed by atoms with Gasteiger partial charge in [0.15, 0.2) is 0 Å². The van der Waals surface area contributed by atoms with Gasteiger partial charge >= 0.3 is 53.7 Å². The molecular weight excluding hydrogens is 1240 g/mol. The zero-order valence-corrected chi connectivity index (χ0v) is 58.7. The molecule has 16 bridgehead atoms. The van der Waals surface area contributed by atoms with Gasteiger partial charge in [-0.1, -0.05) is 27.7 Å². The normalized spacial score (nSPS) is 38.5. The van der Waals surface area contributed by atoms with Crippen molar-refractivity contribution in [3.05, 3.63) is 0 Å². The minimum atomic E-state index is -3.75. The van der Waals surface area contributed by atoms with E-state index in [0.29, 0.717) is 128 Å². The molecule has 16 fully saturated rings. The molecule has 528 valence electrons. The third-order valence-corrected chi connectivity index (χ3v) is 24.3. The number of fused-ring (bicyclic) bond motifs is 4. The first-order chi connectivity index (χ1) is 43.3. The average Bonchev–Trinajstić information content (AvgIpc) is 1.44. The summed E-state index contributed by atoms with van der Waals surface area (Å²) in [7, 11) is -0.702. The first-order valence-corrected chi connectivity index (χ1v) is 35.9. The van der Waals surface area contributed by atoms with Gasteiger partial charge in [-0.25, -0.2) is 8.42 Å². The second-order valence-electron chi connectivity index (χ2n) is 33.1. The van der Waals surface area contributed by atoms with E-state index in [4.69, 9.17) is 47.4 Å². The molecule has 16 rings (SSSR count). The van der Waals surface area contributed by atoms with Crippen LogP contribution in [0.1, 0.15) is 237 Å². The second kappa shape index (κ2) is 25.1. The van der Waals surface area contributed by atoms with Crippen molar-refractivity contribution >= 4 is 69.7 Å². The predicted molar refractivity (Wildman–Crippen MR) is 332 cm³/mol. The number of esters is 9. The fourth-order valence-corrected chi connectivity index (χ4v) is 18.1. The highest BCUT2D eigenvalue weighted by molar-refractivity contribution is 7.89. The lowest BCUT2D eigenvalue weighted by Gasteiger charge is -2.52. The molecule has 0 aromatic carbocycles. The van der Waals surface area contributed by atoms with Crippen molar-refractivity contribution in [2.45, 2.75) is 295 Å². The minimum absolute atomic E-state index is 0.156. The highest BCUT2D eigenvalue weighted by atomic mass is 32.2. The van der Waals surface area contributed by atoms with E-state index in [0.717, 1.165) is 12.7 Å². The summed E-state index contributed by atoms with van der Waals surface area (Å²) in [6.45, 7) is 22.6. The molecule has 1 amide bonds. The molecule has 8 saturated heterocycles. The molecule has 8 aliphatic heterocycles. The Hall–Kier alpha value is -5.43. The zero-order valence-electron chi connectivity index (χ0n) is 57.9. The van der Waals surface area contributed by atoms with Crippen LogP contribution in [0.25, 0.3) is 0 Å². The van der Waals surface area contributed by atoms with Gasteiger partial charge in [0, 0.05) is 103 Å². The third-order valence-electron chi connectivity index (χ3n) is 23.7. The highest BCUT2D eigenvalue weighted by Gasteiger charge is 2.68. The molecule has 0 aromatic rings. The van der Waals surface area contributed by atoms with Crippen molar-refractivity contribution in [3.63, 3.8) is 0 Å². The van der Waals surface area contributed by atoms with Crippen LogP contribution in [0.4, 0.5) is 0 Å². The van der Waals surface area contributed by atoms with Gasteiger partial charge in [0.1, 0.15) is 46.8 Å². The van der Waals surface area contributed by atoms with E-state index in [-0.39, 0.29) is 91.1 Å². The van der Waals surface area contributed by atoms with Gasteiger partial charge < -0.3 is 52.5 Å². The Morgan fingerprint density at radius 1 is 0.436 bits per heavy atom.